The normalized spacial score (nSPS) is 8.94. The summed E-state index contributed by atoms with van der Waals surface area (Å²) >= 11 is 0. The Bertz CT molecular complexity index is 951. The summed E-state index contributed by atoms with van der Waals surface area (Å²) in [6.45, 7) is 16.3. The zero-order valence-electron chi connectivity index (χ0n) is 20.3. The summed E-state index contributed by atoms with van der Waals surface area (Å²) in [5.74, 6) is 0. The van der Waals surface area contributed by atoms with E-state index in [9.17, 15) is 0 Å². The summed E-state index contributed by atoms with van der Waals surface area (Å²) in [5.41, 5.74) is 13.2. The topological polar surface area (TPSA) is 0 Å². The summed E-state index contributed by atoms with van der Waals surface area (Å²) in [6, 6.07) is 28.9. The fourth-order valence-corrected chi connectivity index (χ4v) is 3.07. The molecule has 0 spiro atoms. The van der Waals surface area contributed by atoms with Crippen LogP contribution in [0, 0.1) is 48.5 Å². The summed E-state index contributed by atoms with van der Waals surface area (Å²) in [7, 11) is 3.24. The van der Waals surface area contributed by atoms with Gasteiger partial charge in [-0.1, -0.05) is 63.5 Å². The quantitative estimate of drug-likeness (QED) is 0.184. The van der Waals surface area contributed by atoms with Gasteiger partial charge < -0.3 is 0 Å². The summed E-state index contributed by atoms with van der Waals surface area (Å²) < 4.78 is 0. The van der Waals surface area contributed by atoms with Crippen LogP contribution in [0.5, 0.6) is 0 Å². The average molecular weight is 514 g/mol. The van der Waals surface area contributed by atoms with Gasteiger partial charge in [0.05, 0.1) is 0 Å². The summed E-state index contributed by atoms with van der Waals surface area (Å²) in [5, 5.41) is 0. The van der Waals surface area contributed by atoms with Gasteiger partial charge in [0.25, 0.3) is 0 Å². The molecule has 2 radical (unpaired) electrons. The number of benzene rings is 2. The van der Waals surface area contributed by atoms with Gasteiger partial charge in [-0.3, -0.25) is 0 Å². The number of rotatable bonds is 1. The van der Waals surface area contributed by atoms with Crippen LogP contribution in [-0.4, -0.2) is 15.5 Å². The van der Waals surface area contributed by atoms with E-state index in [1.54, 1.807) is 0 Å². The Morgan fingerprint density at radius 3 is 1.47 bits per heavy atom. The van der Waals surface area contributed by atoms with E-state index in [-0.39, 0.29) is 26.2 Å². The van der Waals surface area contributed by atoms with Gasteiger partial charge in [-0.15, -0.1) is 29.3 Å². The molecule has 4 rings (SSSR count). The molecule has 0 N–H and O–H groups in total. The van der Waals surface area contributed by atoms with E-state index in [1.165, 1.54) is 33.4 Å². The van der Waals surface area contributed by atoms with Gasteiger partial charge in [0.2, 0.25) is 0 Å². The van der Waals surface area contributed by atoms with Crippen LogP contribution in [-0.2, 0) is 26.2 Å². The first kappa shape index (κ1) is 30.0. The van der Waals surface area contributed by atoms with Crippen LogP contribution in [0.15, 0.2) is 84.9 Å². The van der Waals surface area contributed by atoms with Crippen molar-refractivity contribution in [3.8, 4) is 0 Å². The fourth-order valence-electron chi connectivity index (χ4n) is 2.80. The minimum Gasteiger partial charge on any atom is -0.208 e. The fraction of sp³-hybridized carbons (Fsp3) is 0.200. The average Bonchev–Trinajstić information content (AvgIpc) is 3.32. The molecule has 0 unspecified atom stereocenters. The maximum Gasteiger partial charge on any atom is 4.00 e. The molecule has 32 heavy (non-hydrogen) atoms. The van der Waals surface area contributed by atoms with Crippen LogP contribution in [0.1, 0.15) is 44.5 Å². The van der Waals surface area contributed by atoms with Crippen LogP contribution < -0.4 is 0 Å². The Balaban J connectivity index is 0.000000401. The second-order valence-electron chi connectivity index (χ2n) is 7.79. The predicted octanol–water partition coefficient (Wildman–Crippen LogP) is 7.41. The van der Waals surface area contributed by atoms with E-state index in [0.29, 0.717) is 0 Å². The van der Waals surface area contributed by atoms with Crippen LogP contribution in [0.4, 0.5) is 0 Å². The smallest absolute Gasteiger partial charge is 0.208 e. The van der Waals surface area contributed by atoms with Gasteiger partial charge in [-0.25, -0.2) is 23.3 Å². The van der Waals surface area contributed by atoms with Crippen molar-refractivity contribution in [1.82, 2.24) is 0 Å². The molecule has 0 fully saturated rings. The minimum absolute atomic E-state index is 0. The molecule has 0 amide bonds. The summed E-state index contributed by atoms with van der Waals surface area (Å²) in [4.78, 5) is 0. The maximum absolute atomic E-state index is 3.72. The standard InChI is InChI=1S/C9H9Si.2C7H9.C7H7.Zr/c1-7-4-3-5-9(6-10)8(7)2;2*1-6-3-4-7(2)5-6;1-7-5-3-2-4-6-7;/h3-5H,1-2H3;2*3-5H,1-2H3;2-6H,1H2;/q4*-1;+4. The molecule has 0 nitrogen and oxygen atoms in total. The summed E-state index contributed by atoms with van der Waals surface area (Å²) in [6.07, 6.45) is 0. The van der Waals surface area contributed by atoms with E-state index in [1.807, 2.05) is 42.5 Å². The molecule has 4 aromatic carbocycles. The maximum atomic E-state index is 3.72. The zero-order valence-corrected chi connectivity index (χ0v) is 23.7. The van der Waals surface area contributed by atoms with Gasteiger partial charge in [0.1, 0.15) is 0 Å². The molecule has 4 aromatic rings. The van der Waals surface area contributed by atoms with Crippen molar-refractivity contribution in [2.45, 2.75) is 41.5 Å². The van der Waals surface area contributed by atoms with E-state index in [0.717, 1.165) is 11.1 Å². The van der Waals surface area contributed by atoms with Crippen LogP contribution in [0.3, 0.4) is 0 Å². The van der Waals surface area contributed by atoms with Crippen molar-refractivity contribution < 1.29 is 26.2 Å². The molecule has 0 atom stereocenters. The van der Waals surface area contributed by atoms with E-state index < -0.39 is 0 Å². The minimum atomic E-state index is 0. The van der Waals surface area contributed by atoms with Gasteiger partial charge in [0.15, 0.2) is 0 Å². The largest absolute Gasteiger partial charge is 4.00 e. The van der Waals surface area contributed by atoms with Crippen LogP contribution >= 0.6 is 0 Å². The molecule has 0 saturated heterocycles. The Hall–Kier alpha value is -2.02. The third kappa shape index (κ3) is 12.7. The first-order valence-corrected chi connectivity index (χ1v) is 11.0. The molecule has 0 aromatic heterocycles. The molecular weight excluding hydrogens is 480 g/mol. The Kier molecular flexibility index (Phi) is 15.5. The van der Waals surface area contributed by atoms with E-state index >= 15 is 0 Å². The SMILES string of the molecule is Cc1c[cH-]c(C)c1.Cc1c[cH-]c(C)c1.Cc1cccc([C-]=[Si])c1C.[CH2-]c1ccccc1.[Zr+4]. The molecule has 0 aliphatic heterocycles. The second kappa shape index (κ2) is 16.6. The number of aryl methyl sites for hydroxylation is 5. The van der Waals surface area contributed by atoms with Gasteiger partial charge in [-0.05, 0) is 0 Å². The van der Waals surface area contributed by atoms with Crippen LogP contribution in [0.25, 0.3) is 0 Å². The van der Waals surface area contributed by atoms with Gasteiger partial charge in [-0.2, -0.15) is 77.3 Å². The van der Waals surface area contributed by atoms with E-state index in [4.69, 9.17) is 0 Å². The molecular formula is C30H34SiZr. The Morgan fingerprint density at radius 1 is 0.719 bits per heavy atom. The van der Waals surface area contributed by atoms with Crippen molar-refractivity contribution in [3.05, 3.63) is 136 Å². The molecule has 0 saturated carbocycles. The Labute approximate surface area is 218 Å². The monoisotopic (exact) mass is 512 g/mol. The van der Waals surface area contributed by atoms with Crippen molar-refractivity contribution in [3.63, 3.8) is 0 Å². The van der Waals surface area contributed by atoms with Crippen LogP contribution in [0.2, 0.25) is 0 Å². The van der Waals surface area contributed by atoms with Crippen molar-refractivity contribution in [2.75, 3.05) is 0 Å². The van der Waals surface area contributed by atoms with Crippen molar-refractivity contribution in [2.24, 2.45) is 0 Å². The molecule has 2 heteroatoms. The molecule has 0 bridgehead atoms. The zero-order chi connectivity index (χ0) is 23.2. The first-order chi connectivity index (χ1) is 14.7. The first-order valence-electron chi connectivity index (χ1n) is 10.5. The van der Waals surface area contributed by atoms with Gasteiger partial charge >= 0.3 is 26.2 Å². The van der Waals surface area contributed by atoms with Crippen molar-refractivity contribution >= 4 is 15.5 Å². The number of hydrogen-bond acceptors (Lipinski definition) is 0. The van der Waals surface area contributed by atoms with E-state index in [2.05, 4.69) is 106 Å². The molecule has 0 heterocycles. The third-order valence-electron chi connectivity index (χ3n) is 4.71. The predicted molar refractivity (Wildman–Crippen MR) is 140 cm³/mol. The van der Waals surface area contributed by atoms with Gasteiger partial charge in [0, 0.05) is 0 Å². The Morgan fingerprint density at radius 2 is 1.22 bits per heavy atom. The third-order valence-corrected chi connectivity index (χ3v) is 4.98. The molecule has 162 valence electrons. The molecule has 0 aliphatic carbocycles. The second-order valence-corrected chi connectivity index (χ2v) is 8.04. The van der Waals surface area contributed by atoms with Crippen molar-refractivity contribution in [1.29, 1.82) is 0 Å². The molecule has 0 aliphatic rings. The number of hydrogen-bond donors (Lipinski definition) is 0.